The molecule has 5 rings (SSSR count). The first kappa shape index (κ1) is 25.5. The van der Waals surface area contributed by atoms with Crippen LogP contribution in [0, 0.1) is 0 Å². The minimum absolute atomic E-state index is 0.0878. The minimum atomic E-state index is -1.41. The Balaban J connectivity index is 1.64. The molecule has 2 N–H and O–H groups in total. The Labute approximate surface area is 210 Å². The Hall–Kier alpha value is -2.55. The van der Waals surface area contributed by atoms with Crippen molar-refractivity contribution in [1.29, 1.82) is 0 Å². The lowest BCUT2D eigenvalue weighted by atomic mass is 9.82. The van der Waals surface area contributed by atoms with Crippen LogP contribution in [0.5, 0.6) is 5.75 Å². The largest absolute Gasteiger partial charge is 0.495 e. The van der Waals surface area contributed by atoms with Gasteiger partial charge in [0.05, 0.1) is 24.5 Å². The average molecular weight is 505 g/mol. The molecule has 4 aliphatic heterocycles. The molecule has 0 radical (unpaired) electrons. The summed E-state index contributed by atoms with van der Waals surface area (Å²) in [5.41, 5.74) is 0.693. The van der Waals surface area contributed by atoms with Gasteiger partial charge in [0.2, 0.25) is 5.91 Å². The molecule has 2 saturated heterocycles. The van der Waals surface area contributed by atoms with E-state index in [2.05, 4.69) is 5.32 Å². The van der Waals surface area contributed by atoms with Gasteiger partial charge in [-0.3, -0.25) is 10.1 Å². The van der Waals surface area contributed by atoms with Crippen molar-refractivity contribution in [3.8, 4) is 5.75 Å². The van der Waals surface area contributed by atoms with Crippen molar-refractivity contribution < 1.29 is 28.9 Å². The fraction of sp³-hybridized carbons (Fsp3) is 0.538. The number of methoxy groups -OCH3 is 1. The predicted molar refractivity (Wildman–Crippen MR) is 133 cm³/mol. The molecule has 1 aromatic carbocycles. The maximum atomic E-state index is 13.1. The van der Waals surface area contributed by atoms with Gasteiger partial charge in [-0.15, -0.1) is 0 Å². The second-order valence-electron chi connectivity index (χ2n) is 10.0. The van der Waals surface area contributed by atoms with E-state index in [0.29, 0.717) is 35.7 Å². The predicted octanol–water partition coefficient (Wildman–Crippen LogP) is 4.28. The number of amides is 2. The van der Waals surface area contributed by atoms with Gasteiger partial charge in [0, 0.05) is 32.7 Å². The molecule has 4 heterocycles. The number of fused-ring (bicyclic) bond motifs is 6. The average Bonchev–Trinajstić information content (AvgIpc) is 2.77. The maximum absolute atomic E-state index is 13.1. The van der Waals surface area contributed by atoms with Gasteiger partial charge in [-0.2, -0.15) is 0 Å². The highest BCUT2D eigenvalue weighted by molar-refractivity contribution is 6.35. The molecule has 0 aromatic heterocycles. The van der Waals surface area contributed by atoms with Gasteiger partial charge < -0.3 is 24.2 Å². The van der Waals surface area contributed by atoms with Crippen LogP contribution in [0.4, 0.5) is 10.5 Å². The number of ether oxygens (including phenoxy) is 3. The highest BCUT2D eigenvalue weighted by Crippen LogP contribution is 2.42. The molecule has 35 heavy (non-hydrogen) atoms. The zero-order chi connectivity index (χ0) is 25.4. The summed E-state index contributed by atoms with van der Waals surface area (Å²) in [6.45, 7) is 3.94. The number of allylic oxidation sites excluding steroid dienone is 3. The number of aliphatic hydroxyl groups is 1. The highest BCUT2D eigenvalue weighted by Gasteiger charge is 2.51. The van der Waals surface area contributed by atoms with Crippen molar-refractivity contribution in [2.24, 2.45) is 0 Å². The molecule has 9 heteroatoms. The lowest BCUT2D eigenvalue weighted by Crippen LogP contribution is -2.62. The Bertz CT molecular complexity index is 1060. The maximum Gasteiger partial charge on any atom is 0.409 e. The third kappa shape index (κ3) is 5.66. The third-order valence-electron chi connectivity index (χ3n) is 6.97. The number of nitrogens with zero attached hydrogens (tertiary/aromatic N) is 1. The monoisotopic (exact) mass is 504 g/mol. The molecule has 2 unspecified atom stereocenters. The van der Waals surface area contributed by atoms with Gasteiger partial charge in [0.1, 0.15) is 22.6 Å². The van der Waals surface area contributed by atoms with Gasteiger partial charge in [0.15, 0.2) is 0 Å². The topological polar surface area (TPSA) is 97.3 Å². The number of alkyl carbamates (subject to hydrolysis) is 1. The summed E-state index contributed by atoms with van der Waals surface area (Å²) in [4.78, 5) is 26.8. The minimum Gasteiger partial charge on any atom is -0.495 e. The molecule has 0 saturated carbocycles. The van der Waals surface area contributed by atoms with Gasteiger partial charge in [0.25, 0.3) is 0 Å². The fourth-order valence-corrected chi connectivity index (χ4v) is 5.27. The van der Waals surface area contributed by atoms with E-state index in [-0.39, 0.29) is 31.3 Å². The van der Waals surface area contributed by atoms with Crippen LogP contribution in [0.2, 0.25) is 5.02 Å². The van der Waals surface area contributed by atoms with E-state index in [0.717, 1.165) is 11.1 Å². The number of hydrogen-bond acceptors (Lipinski definition) is 6. The van der Waals surface area contributed by atoms with Gasteiger partial charge in [-0.1, -0.05) is 35.4 Å². The summed E-state index contributed by atoms with van der Waals surface area (Å²) in [6.07, 6.45) is 6.58. The van der Waals surface area contributed by atoms with Crippen LogP contribution in [-0.2, 0) is 20.7 Å². The smallest absolute Gasteiger partial charge is 0.409 e. The number of anilines is 1. The summed E-state index contributed by atoms with van der Waals surface area (Å²) in [5.74, 6) is 0.422. The van der Waals surface area contributed by atoms with Crippen LogP contribution in [0.15, 0.2) is 35.9 Å². The van der Waals surface area contributed by atoms with Gasteiger partial charge in [-0.05, 0) is 44.4 Å². The SMILES string of the molecule is COc1cc2cc(c1Cl)N(C)C(=O)CC[C@@]1(C)CC(O1)C1C[C@](O)(C/C=C/C=C(\C)C2)NC(=O)O1. The van der Waals surface area contributed by atoms with Crippen LogP contribution in [-0.4, -0.2) is 54.8 Å². The number of hydrogen-bond donors (Lipinski definition) is 2. The Kier molecular flexibility index (Phi) is 7.18. The van der Waals surface area contributed by atoms with Crippen molar-refractivity contribution in [3.05, 3.63) is 46.5 Å². The van der Waals surface area contributed by atoms with E-state index >= 15 is 0 Å². The first-order valence-corrected chi connectivity index (χ1v) is 12.2. The standard InChI is InChI=1S/C26H33ClN2O6/c1-16-7-5-6-9-26(32)15-20(34-24(31)28-26)21-14-25(2,35-21)10-8-22(30)29(3)18-12-17(11-16)13-19(33-4)23(18)27/h5-7,12-13,20-21,32H,8-11,14-15H2,1-4H3,(H,28,31)/b6-5+,16-7+/t20?,21?,25-,26+/m0/s1. The lowest BCUT2D eigenvalue weighted by Gasteiger charge is -2.50. The fourth-order valence-electron chi connectivity index (χ4n) is 4.96. The van der Waals surface area contributed by atoms with E-state index in [1.807, 2.05) is 44.2 Å². The molecule has 4 atom stereocenters. The van der Waals surface area contributed by atoms with Crippen LogP contribution in [0.1, 0.15) is 51.5 Å². The van der Waals surface area contributed by atoms with E-state index in [1.54, 1.807) is 19.1 Å². The molecule has 4 aliphatic rings. The molecule has 8 nitrogen and oxygen atoms in total. The number of halogens is 1. The van der Waals surface area contributed by atoms with Crippen molar-refractivity contribution >= 4 is 29.3 Å². The molecule has 0 aliphatic carbocycles. The lowest BCUT2D eigenvalue weighted by molar-refractivity contribution is -0.245. The molecular formula is C26H33ClN2O6. The summed E-state index contributed by atoms with van der Waals surface area (Å²) in [6, 6.07) is 3.78. The summed E-state index contributed by atoms with van der Waals surface area (Å²) in [5, 5.41) is 13.9. The molecule has 0 spiro atoms. The molecule has 1 aromatic rings. The number of rotatable bonds is 1. The Morgan fingerprint density at radius 2 is 2.00 bits per heavy atom. The van der Waals surface area contributed by atoms with Crippen molar-refractivity contribution in [2.75, 3.05) is 19.1 Å². The van der Waals surface area contributed by atoms with Crippen molar-refractivity contribution in [2.45, 2.75) is 75.9 Å². The van der Waals surface area contributed by atoms with Crippen molar-refractivity contribution in [3.63, 3.8) is 0 Å². The van der Waals surface area contributed by atoms with E-state index in [1.165, 1.54) is 0 Å². The zero-order valence-electron chi connectivity index (χ0n) is 20.6. The van der Waals surface area contributed by atoms with Gasteiger partial charge in [-0.25, -0.2) is 4.79 Å². The zero-order valence-corrected chi connectivity index (χ0v) is 21.4. The second kappa shape index (κ2) is 9.84. The van der Waals surface area contributed by atoms with Gasteiger partial charge >= 0.3 is 6.09 Å². The summed E-state index contributed by atoms with van der Waals surface area (Å²) in [7, 11) is 3.26. The quantitative estimate of drug-likeness (QED) is 0.592. The molecule has 6 bridgehead atoms. The van der Waals surface area contributed by atoms with E-state index in [4.69, 9.17) is 25.8 Å². The Morgan fingerprint density at radius 3 is 2.71 bits per heavy atom. The van der Waals surface area contributed by atoms with Crippen LogP contribution in [0.3, 0.4) is 0 Å². The molecule has 190 valence electrons. The van der Waals surface area contributed by atoms with Crippen LogP contribution < -0.4 is 15.0 Å². The normalized spacial score (nSPS) is 34.1. The van der Waals surface area contributed by atoms with Crippen molar-refractivity contribution in [1.82, 2.24) is 5.32 Å². The Morgan fingerprint density at radius 1 is 1.26 bits per heavy atom. The molecular weight excluding hydrogens is 472 g/mol. The van der Waals surface area contributed by atoms with E-state index in [9.17, 15) is 14.7 Å². The van der Waals surface area contributed by atoms with Crippen LogP contribution in [0.25, 0.3) is 0 Å². The number of carbonyl (C=O) groups excluding carboxylic acids is 2. The number of nitrogens with one attached hydrogen (secondary N) is 1. The number of carbonyl (C=O) groups is 2. The number of benzene rings is 1. The second-order valence-corrected chi connectivity index (χ2v) is 10.4. The first-order chi connectivity index (χ1) is 16.5. The first-order valence-electron chi connectivity index (χ1n) is 11.9. The summed E-state index contributed by atoms with van der Waals surface area (Å²) >= 11 is 6.57. The summed E-state index contributed by atoms with van der Waals surface area (Å²) < 4.78 is 17.0. The van der Waals surface area contributed by atoms with E-state index < -0.39 is 23.5 Å². The third-order valence-corrected chi connectivity index (χ3v) is 7.35. The van der Waals surface area contributed by atoms with Crippen LogP contribution >= 0.6 is 11.6 Å². The highest BCUT2D eigenvalue weighted by atomic mass is 35.5. The molecule has 2 amide bonds. The molecule has 2 fully saturated rings.